The van der Waals surface area contributed by atoms with Crippen molar-refractivity contribution in [2.45, 2.75) is 115 Å². The zero-order chi connectivity index (χ0) is 31.0. The first-order valence-electron chi connectivity index (χ1n) is 13.8. The maximum absolute atomic E-state index is 14.2. The number of carbonyl (C=O) groups excluding carboxylic acids is 4. The Balaban J connectivity index is 1.90. The first-order chi connectivity index (χ1) is 18.7. The molecular formula is C28H41NO12. The SMILES string of the molecule is CC(=O)NC(C)[C@@H](O)C(=O)O[C@H]1C[C@@]2(O)[C@@H](OC(C)=O)[C@@H]3[C@]4(O)CO[C@@H]4C[C@H](O)[C@@]3(C)C(=O)[C@H](O)C(=C1C)C2(C)C. The smallest absolute Gasteiger partial charge is 0.337 e. The first-order valence-corrected chi connectivity index (χ1v) is 13.8. The molecule has 0 aromatic rings. The number of ketones is 1. The Kier molecular flexibility index (Phi) is 7.76. The van der Waals surface area contributed by atoms with Gasteiger partial charge in [0.2, 0.25) is 5.91 Å². The van der Waals surface area contributed by atoms with Gasteiger partial charge < -0.3 is 45.1 Å². The van der Waals surface area contributed by atoms with Gasteiger partial charge in [-0.3, -0.25) is 14.4 Å². The highest BCUT2D eigenvalue weighted by atomic mass is 16.6. The van der Waals surface area contributed by atoms with Crippen molar-refractivity contribution in [3.8, 4) is 0 Å². The Labute approximate surface area is 237 Å². The van der Waals surface area contributed by atoms with Crippen LogP contribution in [0.3, 0.4) is 0 Å². The third-order valence-corrected chi connectivity index (χ3v) is 10.1. The average molecular weight is 584 g/mol. The van der Waals surface area contributed by atoms with Crippen LogP contribution in [-0.4, -0.2) is 110 Å². The molecule has 0 spiro atoms. The van der Waals surface area contributed by atoms with E-state index in [-0.39, 0.29) is 24.2 Å². The van der Waals surface area contributed by atoms with Gasteiger partial charge in [0.15, 0.2) is 11.9 Å². The Morgan fingerprint density at radius 3 is 2.22 bits per heavy atom. The fourth-order valence-corrected chi connectivity index (χ4v) is 7.61. The van der Waals surface area contributed by atoms with Gasteiger partial charge in [-0.15, -0.1) is 0 Å². The lowest BCUT2D eigenvalue weighted by molar-refractivity contribution is -0.345. The largest absolute Gasteiger partial charge is 0.459 e. The molecule has 0 radical (unpaired) electrons. The van der Waals surface area contributed by atoms with Crippen LogP contribution < -0.4 is 5.32 Å². The van der Waals surface area contributed by atoms with Crippen molar-refractivity contribution in [1.82, 2.24) is 5.32 Å². The lowest BCUT2D eigenvalue weighted by Gasteiger charge is -2.66. The highest BCUT2D eigenvalue weighted by Crippen LogP contribution is 2.63. The number of esters is 2. The second kappa shape index (κ2) is 10.1. The lowest BCUT2D eigenvalue weighted by atomic mass is 9.45. The molecule has 2 bridgehead atoms. The fraction of sp³-hybridized carbons (Fsp3) is 0.786. The van der Waals surface area contributed by atoms with Crippen molar-refractivity contribution >= 4 is 23.6 Å². The van der Waals surface area contributed by atoms with Gasteiger partial charge in [0, 0.05) is 38.0 Å². The molecular weight excluding hydrogens is 542 g/mol. The topological polar surface area (TPSA) is 209 Å². The van der Waals surface area contributed by atoms with Crippen LogP contribution in [0.4, 0.5) is 0 Å². The van der Waals surface area contributed by atoms with Crippen LogP contribution in [0.1, 0.15) is 61.3 Å². The van der Waals surface area contributed by atoms with E-state index in [1.165, 1.54) is 27.7 Å². The van der Waals surface area contributed by atoms with E-state index in [9.17, 15) is 44.7 Å². The van der Waals surface area contributed by atoms with Crippen molar-refractivity contribution in [1.29, 1.82) is 0 Å². The quantitative estimate of drug-likeness (QED) is 0.164. The van der Waals surface area contributed by atoms with Crippen molar-refractivity contribution in [3.63, 3.8) is 0 Å². The van der Waals surface area contributed by atoms with Crippen molar-refractivity contribution in [3.05, 3.63) is 11.1 Å². The Morgan fingerprint density at radius 2 is 1.71 bits per heavy atom. The van der Waals surface area contributed by atoms with E-state index >= 15 is 0 Å². The van der Waals surface area contributed by atoms with Crippen molar-refractivity contribution in [2.24, 2.45) is 16.7 Å². The van der Waals surface area contributed by atoms with Gasteiger partial charge in [-0.05, 0) is 31.9 Å². The van der Waals surface area contributed by atoms with E-state index in [0.29, 0.717) is 0 Å². The van der Waals surface area contributed by atoms with Gasteiger partial charge >= 0.3 is 11.9 Å². The summed E-state index contributed by atoms with van der Waals surface area (Å²) in [7, 11) is 0. The van der Waals surface area contributed by atoms with E-state index in [1.54, 1.807) is 13.8 Å². The Bertz CT molecular complexity index is 1180. The molecule has 13 heteroatoms. The monoisotopic (exact) mass is 583 g/mol. The molecule has 1 unspecified atom stereocenters. The number of nitrogens with one attached hydrogen (secondary N) is 1. The summed E-state index contributed by atoms with van der Waals surface area (Å²) in [4.78, 5) is 51.1. The second-order valence-electron chi connectivity index (χ2n) is 12.8. The molecule has 4 rings (SSSR count). The van der Waals surface area contributed by atoms with Crippen LogP contribution in [0.15, 0.2) is 11.1 Å². The predicted molar refractivity (Wildman–Crippen MR) is 139 cm³/mol. The van der Waals surface area contributed by atoms with Crippen LogP contribution in [-0.2, 0) is 33.4 Å². The third-order valence-electron chi connectivity index (χ3n) is 10.1. The fourth-order valence-electron chi connectivity index (χ4n) is 7.61. The number of amides is 1. The third kappa shape index (κ3) is 4.43. The molecule has 11 atom stereocenters. The summed E-state index contributed by atoms with van der Waals surface area (Å²) in [6, 6.07) is -1.02. The number of rotatable bonds is 5. The molecule has 6 N–H and O–H groups in total. The van der Waals surface area contributed by atoms with Crippen LogP contribution in [0.25, 0.3) is 0 Å². The van der Waals surface area contributed by atoms with Gasteiger partial charge in [-0.1, -0.05) is 13.8 Å². The molecule has 0 aromatic heterocycles. The van der Waals surface area contributed by atoms with Crippen LogP contribution in [0.5, 0.6) is 0 Å². The number of Topliss-reactive ketones (excluding diaryl/α,β-unsaturated/α-hetero) is 1. The number of aliphatic hydroxyl groups excluding tert-OH is 3. The van der Waals surface area contributed by atoms with E-state index in [2.05, 4.69) is 5.32 Å². The molecule has 3 aliphatic carbocycles. The minimum absolute atomic E-state index is 0.00134. The summed E-state index contributed by atoms with van der Waals surface area (Å²) in [6.45, 7) is 9.42. The number of carbonyl (C=O) groups is 4. The summed E-state index contributed by atoms with van der Waals surface area (Å²) in [6.07, 6.45) is -9.51. The summed E-state index contributed by atoms with van der Waals surface area (Å²) < 4.78 is 16.9. The van der Waals surface area contributed by atoms with E-state index < -0.39 is 101 Å². The Morgan fingerprint density at radius 1 is 1.10 bits per heavy atom. The van der Waals surface area contributed by atoms with E-state index in [4.69, 9.17) is 14.2 Å². The summed E-state index contributed by atoms with van der Waals surface area (Å²) >= 11 is 0. The minimum Gasteiger partial charge on any atom is -0.459 e. The zero-order valence-electron chi connectivity index (χ0n) is 24.3. The number of hydrogen-bond donors (Lipinski definition) is 6. The molecule has 0 aromatic carbocycles. The number of aliphatic hydroxyl groups is 5. The highest BCUT2D eigenvalue weighted by molar-refractivity contribution is 5.93. The molecule has 1 aliphatic heterocycles. The van der Waals surface area contributed by atoms with Gasteiger partial charge in [0.1, 0.15) is 29.5 Å². The van der Waals surface area contributed by atoms with Gasteiger partial charge in [-0.2, -0.15) is 0 Å². The van der Waals surface area contributed by atoms with Crippen LogP contribution in [0, 0.1) is 16.7 Å². The zero-order valence-corrected chi connectivity index (χ0v) is 24.3. The van der Waals surface area contributed by atoms with Crippen molar-refractivity contribution in [2.75, 3.05) is 6.61 Å². The predicted octanol–water partition coefficient (Wildman–Crippen LogP) is -1.35. The maximum Gasteiger partial charge on any atom is 0.337 e. The number of ether oxygens (including phenoxy) is 3. The van der Waals surface area contributed by atoms with Crippen LogP contribution >= 0.6 is 0 Å². The molecule has 13 nitrogen and oxygen atoms in total. The van der Waals surface area contributed by atoms with Crippen molar-refractivity contribution < 1.29 is 58.9 Å². The number of hydrogen-bond acceptors (Lipinski definition) is 12. The standard InChI is InChI=1S/C28H41NO12/c1-11-15(41-24(36)19(33)12(2)29-13(3)30)9-28(38)23(40-14(4)31)21-26(7,16(32)8-17-27(21,37)10-39-17)22(35)20(34)18(11)25(28,5)6/h12,15-17,19-21,23,32-34,37-38H,8-10H2,1-7H3,(H,29,30)/t12?,15-,16-,17+,19+,20+,21-,23-,26+,27-,28+/m0/s1. The molecule has 1 heterocycles. The molecule has 3 fully saturated rings. The first kappa shape index (κ1) is 31.5. The van der Waals surface area contributed by atoms with Gasteiger partial charge in [0.05, 0.1) is 30.3 Å². The molecule has 1 amide bonds. The lowest BCUT2D eigenvalue weighted by Crippen LogP contribution is -2.81. The summed E-state index contributed by atoms with van der Waals surface area (Å²) in [5, 5.41) is 60.2. The summed E-state index contributed by atoms with van der Waals surface area (Å²) in [5.74, 6) is -4.74. The van der Waals surface area contributed by atoms with Crippen LogP contribution in [0.2, 0.25) is 0 Å². The molecule has 1 saturated heterocycles. The van der Waals surface area contributed by atoms with Gasteiger partial charge in [0.25, 0.3) is 0 Å². The molecule has 4 aliphatic rings. The molecule has 41 heavy (non-hydrogen) atoms. The highest BCUT2D eigenvalue weighted by Gasteiger charge is 2.76. The number of fused-ring (bicyclic) bond motifs is 5. The maximum atomic E-state index is 14.2. The van der Waals surface area contributed by atoms with E-state index in [0.717, 1.165) is 6.92 Å². The van der Waals surface area contributed by atoms with Gasteiger partial charge in [-0.25, -0.2) is 4.79 Å². The minimum atomic E-state index is -2.17. The second-order valence-corrected chi connectivity index (χ2v) is 12.8. The molecule has 2 saturated carbocycles. The molecule has 230 valence electrons. The Hall–Kier alpha value is -2.42. The normalized spacial score (nSPS) is 42.8. The van der Waals surface area contributed by atoms with E-state index in [1.807, 2.05) is 0 Å². The average Bonchev–Trinajstić information content (AvgIpc) is 2.85. The summed E-state index contributed by atoms with van der Waals surface area (Å²) in [5.41, 5.74) is -7.12.